The van der Waals surface area contributed by atoms with Crippen LogP contribution in [-0.4, -0.2) is 18.5 Å². The average Bonchev–Trinajstić information content (AvgIpc) is 2.47. The van der Waals surface area contributed by atoms with Crippen molar-refractivity contribution in [3.8, 4) is 0 Å². The molecule has 0 spiro atoms. The summed E-state index contributed by atoms with van der Waals surface area (Å²) in [5.74, 6) is -0.428. The van der Waals surface area contributed by atoms with Crippen LogP contribution in [0, 0.1) is 6.92 Å². The van der Waals surface area contributed by atoms with Crippen molar-refractivity contribution in [1.29, 1.82) is 0 Å². The molecule has 3 amide bonds. The third kappa shape index (κ3) is 4.79. The predicted molar refractivity (Wildman–Crippen MR) is 88.3 cm³/mol. The van der Waals surface area contributed by atoms with E-state index < -0.39 is 11.9 Å². The Morgan fingerprint density at radius 1 is 1.09 bits per heavy atom. The number of benzene rings is 2. The number of carbonyl (C=O) groups is 2. The van der Waals surface area contributed by atoms with Gasteiger partial charge in [-0.3, -0.25) is 10.1 Å². The van der Waals surface area contributed by atoms with Gasteiger partial charge in [0.1, 0.15) is 0 Å². The van der Waals surface area contributed by atoms with Crippen molar-refractivity contribution in [2.75, 3.05) is 17.2 Å². The molecule has 3 N–H and O–H groups in total. The number of carbonyl (C=O) groups excluding carboxylic acids is 2. The van der Waals surface area contributed by atoms with Gasteiger partial charge in [-0.1, -0.05) is 29.8 Å². The summed E-state index contributed by atoms with van der Waals surface area (Å²) in [6, 6.07) is 13.6. The minimum Gasteiger partial charge on any atom is -0.376 e. The molecule has 0 radical (unpaired) electrons. The van der Waals surface area contributed by atoms with E-state index in [1.165, 1.54) is 0 Å². The van der Waals surface area contributed by atoms with Crippen molar-refractivity contribution in [3.05, 3.63) is 59.1 Å². The molecule has 0 fully saturated rings. The first-order valence-corrected chi connectivity index (χ1v) is 7.08. The van der Waals surface area contributed by atoms with Gasteiger partial charge < -0.3 is 10.6 Å². The zero-order valence-corrected chi connectivity index (χ0v) is 12.8. The molecule has 0 heterocycles. The number of nitrogens with one attached hydrogen (secondary N) is 3. The second-order valence-electron chi connectivity index (χ2n) is 4.68. The van der Waals surface area contributed by atoms with Gasteiger partial charge >= 0.3 is 6.03 Å². The first-order valence-electron chi connectivity index (χ1n) is 6.70. The number of halogens is 1. The molecule has 22 heavy (non-hydrogen) atoms. The maximum Gasteiger partial charge on any atom is 0.325 e. The first kappa shape index (κ1) is 15.9. The number of rotatable bonds is 4. The normalized spacial score (nSPS) is 9.91. The molecule has 0 unspecified atom stereocenters. The van der Waals surface area contributed by atoms with Crippen LogP contribution in [0.3, 0.4) is 0 Å². The van der Waals surface area contributed by atoms with E-state index in [1.807, 2.05) is 13.0 Å². The van der Waals surface area contributed by atoms with E-state index >= 15 is 0 Å². The smallest absolute Gasteiger partial charge is 0.325 e. The van der Waals surface area contributed by atoms with Crippen molar-refractivity contribution in [2.45, 2.75) is 6.92 Å². The summed E-state index contributed by atoms with van der Waals surface area (Å²) in [6.45, 7) is 1.87. The lowest BCUT2D eigenvalue weighted by Gasteiger charge is -2.10. The highest BCUT2D eigenvalue weighted by Crippen LogP contribution is 2.19. The van der Waals surface area contributed by atoms with Gasteiger partial charge in [-0.05, 0) is 42.8 Å². The fourth-order valence-electron chi connectivity index (χ4n) is 1.86. The quantitative estimate of drug-likeness (QED) is 0.809. The molecular formula is C16H16ClN3O2. The minimum absolute atomic E-state index is 0.00924. The lowest BCUT2D eigenvalue weighted by atomic mass is 10.2. The van der Waals surface area contributed by atoms with Crippen LogP contribution in [0.1, 0.15) is 5.56 Å². The number of aryl methyl sites for hydroxylation is 1. The molecule has 5 nitrogen and oxygen atoms in total. The van der Waals surface area contributed by atoms with E-state index in [4.69, 9.17) is 11.6 Å². The highest BCUT2D eigenvalue weighted by atomic mass is 35.5. The molecule has 0 aliphatic rings. The highest BCUT2D eigenvalue weighted by molar-refractivity contribution is 6.30. The van der Waals surface area contributed by atoms with Crippen LogP contribution in [0.2, 0.25) is 5.02 Å². The molecule has 0 aromatic heterocycles. The molecule has 114 valence electrons. The Balaban J connectivity index is 1.81. The van der Waals surface area contributed by atoms with Crippen LogP contribution in [-0.2, 0) is 4.79 Å². The monoisotopic (exact) mass is 317 g/mol. The lowest BCUT2D eigenvalue weighted by molar-refractivity contribution is -0.118. The Labute approximate surface area is 133 Å². The van der Waals surface area contributed by atoms with Crippen LogP contribution in [0.4, 0.5) is 16.2 Å². The topological polar surface area (TPSA) is 70.2 Å². The van der Waals surface area contributed by atoms with Gasteiger partial charge in [-0.25, -0.2) is 4.79 Å². The highest BCUT2D eigenvalue weighted by Gasteiger charge is 2.08. The van der Waals surface area contributed by atoms with Crippen LogP contribution in [0.5, 0.6) is 0 Å². The van der Waals surface area contributed by atoms with Crippen LogP contribution in [0.15, 0.2) is 48.5 Å². The Bertz CT molecular complexity index is 674. The van der Waals surface area contributed by atoms with Gasteiger partial charge in [-0.15, -0.1) is 0 Å². The zero-order valence-electron chi connectivity index (χ0n) is 12.0. The standard InChI is InChI=1S/C16H16ClN3O2/c1-11-9-12(17)7-8-14(11)18-10-15(21)20-16(22)19-13-5-3-2-4-6-13/h2-9,18H,10H2,1H3,(H2,19,20,21,22). The van der Waals surface area contributed by atoms with Crippen molar-refractivity contribution < 1.29 is 9.59 Å². The molecule has 2 aromatic rings. The number of urea groups is 1. The molecule has 0 aliphatic carbocycles. The Hall–Kier alpha value is -2.53. The van der Waals surface area contributed by atoms with Gasteiger partial charge in [0.2, 0.25) is 5.91 Å². The molecule has 6 heteroatoms. The fraction of sp³-hybridized carbons (Fsp3) is 0.125. The van der Waals surface area contributed by atoms with Gasteiger partial charge in [-0.2, -0.15) is 0 Å². The van der Waals surface area contributed by atoms with Gasteiger partial charge in [0.05, 0.1) is 6.54 Å². The maximum atomic E-state index is 11.7. The molecule has 0 saturated heterocycles. The Morgan fingerprint density at radius 2 is 1.82 bits per heavy atom. The third-order valence-electron chi connectivity index (χ3n) is 2.91. The summed E-state index contributed by atoms with van der Waals surface area (Å²) in [7, 11) is 0. The minimum atomic E-state index is -0.564. The number of para-hydroxylation sites is 1. The predicted octanol–water partition coefficient (Wildman–Crippen LogP) is 3.41. The van der Waals surface area contributed by atoms with Crippen LogP contribution in [0.25, 0.3) is 0 Å². The van der Waals surface area contributed by atoms with Crippen molar-refractivity contribution in [2.24, 2.45) is 0 Å². The lowest BCUT2D eigenvalue weighted by Crippen LogP contribution is -2.38. The van der Waals surface area contributed by atoms with E-state index in [2.05, 4.69) is 16.0 Å². The van der Waals surface area contributed by atoms with Crippen LogP contribution >= 0.6 is 11.6 Å². The first-order chi connectivity index (χ1) is 10.5. The average molecular weight is 318 g/mol. The molecule has 2 aromatic carbocycles. The number of hydrogen-bond donors (Lipinski definition) is 3. The molecule has 0 bridgehead atoms. The maximum absolute atomic E-state index is 11.7. The number of anilines is 2. The number of imide groups is 1. The van der Waals surface area contributed by atoms with Gasteiger partial charge in [0, 0.05) is 16.4 Å². The molecule has 2 rings (SSSR count). The van der Waals surface area contributed by atoms with Crippen molar-refractivity contribution >= 4 is 34.9 Å². The summed E-state index contributed by atoms with van der Waals surface area (Å²) in [4.78, 5) is 23.4. The van der Waals surface area contributed by atoms with Crippen LogP contribution < -0.4 is 16.0 Å². The summed E-state index contributed by atoms with van der Waals surface area (Å²) in [5, 5.41) is 8.42. The molecule has 0 saturated carbocycles. The number of amides is 3. The zero-order chi connectivity index (χ0) is 15.9. The van der Waals surface area contributed by atoms with E-state index in [-0.39, 0.29) is 6.54 Å². The Kier molecular flexibility index (Phi) is 5.38. The largest absolute Gasteiger partial charge is 0.376 e. The van der Waals surface area contributed by atoms with Gasteiger partial charge in [0.25, 0.3) is 0 Å². The Morgan fingerprint density at radius 3 is 2.50 bits per heavy atom. The van der Waals surface area contributed by atoms with Gasteiger partial charge in [0.15, 0.2) is 0 Å². The second kappa shape index (κ2) is 7.47. The van der Waals surface area contributed by atoms with E-state index in [0.29, 0.717) is 10.7 Å². The summed E-state index contributed by atoms with van der Waals surface area (Å²) in [6.07, 6.45) is 0. The van der Waals surface area contributed by atoms with E-state index in [1.54, 1.807) is 42.5 Å². The third-order valence-corrected chi connectivity index (χ3v) is 3.15. The summed E-state index contributed by atoms with van der Waals surface area (Å²) >= 11 is 5.87. The molecule has 0 atom stereocenters. The van der Waals surface area contributed by atoms with Crippen molar-refractivity contribution in [3.63, 3.8) is 0 Å². The van der Waals surface area contributed by atoms with E-state index in [9.17, 15) is 9.59 Å². The van der Waals surface area contributed by atoms with Crippen molar-refractivity contribution in [1.82, 2.24) is 5.32 Å². The SMILES string of the molecule is Cc1cc(Cl)ccc1NCC(=O)NC(=O)Nc1ccccc1. The van der Waals surface area contributed by atoms with E-state index in [0.717, 1.165) is 11.3 Å². The fourth-order valence-corrected chi connectivity index (χ4v) is 2.08. The summed E-state index contributed by atoms with van der Waals surface area (Å²) in [5.41, 5.74) is 2.34. The molecule has 0 aliphatic heterocycles. The second-order valence-corrected chi connectivity index (χ2v) is 5.12. The summed E-state index contributed by atoms with van der Waals surface area (Å²) < 4.78 is 0. The number of hydrogen-bond acceptors (Lipinski definition) is 3. The molecular weight excluding hydrogens is 302 g/mol.